The van der Waals surface area contributed by atoms with Gasteiger partial charge in [-0.3, -0.25) is 5.41 Å². The molecule has 0 radical (unpaired) electrons. The molecule has 3 N–H and O–H groups in total. The van der Waals surface area contributed by atoms with E-state index in [2.05, 4.69) is 42.0 Å². The van der Waals surface area contributed by atoms with Gasteiger partial charge >= 0.3 is 0 Å². The second-order valence-electron chi connectivity index (χ2n) is 4.01. The summed E-state index contributed by atoms with van der Waals surface area (Å²) in [5, 5.41) is 7.97. The summed E-state index contributed by atoms with van der Waals surface area (Å²) in [5.41, 5.74) is 8.25. The Kier molecular flexibility index (Phi) is 3.62. The van der Waals surface area contributed by atoms with Crippen LogP contribution in [0.1, 0.15) is 16.8 Å². The average Bonchev–Trinajstić information content (AvgIpc) is 2.34. The molecule has 0 amide bonds. The molecule has 0 unspecified atom stereocenters. The Bertz CT molecular complexity index is 595. The van der Waals surface area contributed by atoms with Crippen LogP contribution >= 0.6 is 11.8 Å². The monoisotopic (exact) mass is 258 g/mol. The van der Waals surface area contributed by atoms with Crippen LogP contribution in [0.5, 0.6) is 0 Å². The van der Waals surface area contributed by atoms with Gasteiger partial charge in [-0.1, -0.05) is 12.1 Å². The van der Waals surface area contributed by atoms with E-state index in [4.69, 9.17) is 11.1 Å². The van der Waals surface area contributed by atoms with Crippen LogP contribution in [0.25, 0.3) is 0 Å². The van der Waals surface area contributed by atoms with Crippen LogP contribution in [0, 0.1) is 19.3 Å². The first-order valence-corrected chi connectivity index (χ1v) is 6.30. The minimum atomic E-state index is -0.0415. The summed E-state index contributed by atoms with van der Waals surface area (Å²) in [5.74, 6) is -0.0415. The molecule has 0 atom stereocenters. The molecule has 1 heterocycles. The number of nitrogens with one attached hydrogen (secondary N) is 1. The largest absolute Gasteiger partial charge is 0.382 e. The summed E-state index contributed by atoms with van der Waals surface area (Å²) >= 11 is 1.49. The molecule has 0 saturated carbocycles. The maximum atomic E-state index is 7.37. The summed E-state index contributed by atoms with van der Waals surface area (Å²) in [6, 6.07) is 7.89. The summed E-state index contributed by atoms with van der Waals surface area (Å²) in [6.45, 7) is 4.10. The highest BCUT2D eigenvalue weighted by Crippen LogP contribution is 2.28. The van der Waals surface area contributed by atoms with Gasteiger partial charge in [-0.2, -0.15) is 0 Å². The lowest BCUT2D eigenvalue weighted by molar-refractivity contribution is 0.953. The van der Waals surface area contributed by atoms with Crippen molar-refractivity contribution in [1.29, 1.82) is 5.41 Å². The fourth-order valence-electron chi connectivity index (χ4n) is 1.46. The average molecular weight is 258 g/mol. The lowest BCUT2D eigenvalue weighted by atomic mass is 10.2. The number of hydrogen-bond donors (Lipinski definition) is 2. The van der Waals surface area contributed by atoms with Gasteiger partial charge in [-0.15, -0.1) is 0 Å². The lowest BCUT2D eigenvalue weighted by Crippen LogP contribution is -2.13. The van der Waals surface area contributed by atoms with Gasteiger partial charge in [-0.25, -0.2) is 9.97 Å². The Morgan fingerprint density at radius 3 is 2.78 bits per heavy atom. The van der Waals surface area contributed by atoms with E-state index in [0.717, 1.165) is 4.90 Å². The molecule has 0 aliphatic carbocycles. The predicted octanol–water partition coefficient (Wildman–Crippen LogP) is 2.53. The molecule has 0 fully saturated rings. The SMILES string of the molecule is Cc1ccc(C)c(Sc2nccc(C(=N)N)n2)c1. The van der Waals surface area contributed by atoms with Crippen molar-refractivity contribution in [2.24, 2.45) is 5.73 Å². The first-order chi connectivity index (χ1) is 8.56. The van der Waals surface area contributed by atoms with E-state index in [0.29, 0.717) is 10.9 Å². The highest BCUT2D eigenvalue weighted by Gasteiger charge is 2.06. The fraction of sp³-hybridized carbons (Fsp3) is 0.154. The highest BCUT2D eigenvalue weighted by atomic mass is 32.2. The third-order valence-electron chi connectivity index (χ3n) is 2.45. The highest BCUT2D eigenvalue weighted by molar-refractivity contribution is 7.99. The van der Waals surface area contributed by atoms with Gasteiger partial charge in [0.05, 0.1) is 0 Å². The number of nitrogen functional groups attached to an aromatic ring is 1. The van der Waals surface area contributed by atoms with Gasteiger partial charge in [-0.05, 0) is 48.9 Å². The van der Waals surface area contributed by atoms with Crippen LogP contribution in [0.3, 0.4) is 0 Å². The minimum absolute atomic E-state index is 0.0415. The number of aromatic nitrogens is 2. The van der Waals surface area contributed by atoms with Gasteiger partial charge in [0.15, 0.2) is 5.16 Å². The van der Waals surface area contributed by atoms with Crippen LogP contribution < -0.4 is 5.73 Å². The molecule has 0 saturated heterocycles. The van der Waals surface area contributed by atoms with E-state index < -0.39 is 0 Å². The number of benzene rings is 1. The Balaban J connectivity index is 2.31. The van der Waals surface area contributed by atoms with E-state index in [1.807, 2.05) is 0 Å². The van der Waals surface area contributed by atoms with Crippen LogP contribution in [-0.2, 0) is 0 Å². The van der Waals surface area contributed by atoms with E-state index in [1.165, 1.54) is 22.9 Å². The number of nitrogens with zero attached hydrogens (tertiary/aromatic N) is 2. The Morgan fingerprint density at radius 1 is 1.28 bits per heavy atom. The van der Waals surface area contributed by atoms with Crippen molar-refractivity contribution in [1.82, 2.24) is 9.97 Å². The maximum Gasteiger partial charge on any atom is 0.193 e. The third kappa shape index (κ3) is 2.87. The van der Waals surface area contributed by atoms with Crippen molar-refractivity contribution < 1.29 is 0 Å². The fourth-order valence-corrected chi connectivity index (χ4v) is 2.38. The number of aryl methyl sites for hydroxylation is 2. The molecule has 4 nitrogen and oxygen atoms in total. The molecule has 2 rings (SSSR count). The van der Waals surface area contributed by atoms with Gasteiger partial charge in [0.1, 0.15) is 11.5 Å². The zero-order valence-corrected chi connectivity index (χ0v) is 11.1. The Hall–Kier alpha value is -1.88. The van der Waals surface area contributed by atoms with E-state index in [9.17, 15) is 0 Å². The van der Waals surface area contributed by atoms with Gasteiger partial charge < -0.3 is 5.73 Å². The summed E-state index contributed by atoms with van der Waals surface area (Å²) in [6.07, 6.45) is 1.62. The van der Waals surface area contributed by atoms with E-state index >= 15 is 0 Å². The zero-order valence-electron chi connectivity index (χ0n) is 10.3. The predicted molar refractivity (Wildman–Crippen MR) is 73.1 cm³/mol. The van der Waals surface area contributed by atoms with Crippen LogP contribution in [0.15, 0.2) is 40.5 Å². The third-order valence-corrected chi connectivity index (χ3v) is 3.49. The van der Waals surface area contributed by atoms with Crippen molar-refractivity contribution >= 4 is 17.6 Å². The number of hydrogen-bond acceptors (Lipinski definition) is 4. The molecule has 2 aromatic rings. The van der Waals surface area contributed by atoms with Crippen molar-refractivity contribution in [2.75, 3.05) is 0 Å². The summed E-state index contributed by atoms with van der Waals surface area (Å²) in [7, 11) is 0. The van der Waals surface area contributed by atoms with Gasteiger partial charge in [0, 0.05) is 11.1 Å². The molecule has 92 valence electrons. The number of nitrogens with two attached hydrogens (primary N) is 1. The molecule has 0 aliphatic heterocycles. The molecule has 1 aromatic carbocycles. The molecule has 18 heavy (non-hydrogen) atoms. The summed E-state index contributed by atoms with van der Waals surface area (Å²) in [4.78, 5) is 9.55. The van der Waals surface area contributed by atoms with Crippen LogP contribution in [0.2, 0.25) is 0 Å². The van der Waals surface area contributed by atoms with Gasteiger partial charge in [0.2, 0.25) is 0 Å². The van der Waals surface area contributed by atoms with Crippen molar-refractivity contribution in [2.45, 2.75) is 23.9 Å². The van der Waals surface area contributed by atoms with Crippen molar-refractivity contribution in [3.63, 3.8) is 0 Å². The smallest absolute Gasteiger partial charge is 0.193 e. The number of amidine groups is 1. The second kappa shape index (κ2) is 5.18. The molecular weight excluding hydrogens is 244 g/mol. The maximum absolute atomic E-state index is 7.37. The van der Waals surface area contributed by atoms with Crippen LogP contribution in [0.4, 0.5) is 0 Å². The Morgan fingerprint density at radius 2 is 2.06 bits per heavy atom. The topological polar surface area (TPSA) is 75.7 Å². The van der Waals surface area contributed by atoms with Crippen LogP contribution in [-0.4, -0.2) is 15.8 Å². The minimum Gasteiger partial charge on any atom is -0.382 e. The first-order valence-electron chi connectivity index (χ1n) is 5.49. The standard InChI is InChI=1S/C13H14N4S/c1-8-3-4-9(2)11(7-8)18-13-16-6-5-10(17-13)12(14)15/h3-7H,1-2H3,(H3,14,15). The molecule has 0 aliphatic rings. The summed E-state index contributed by atoms with van der Waals surface area (Å²) < 4.78 is 0. The van der Waals surface area contributed by atoms with Gasteiger partial charge in [0.25, 0.3) is 0 Å². The normalized spacial score (nSPS) is 10.3. The molecule has 0 bridgehead atoms. The first kappa shape index (κ1) is 12.6. The second-order valence-corrected chi connectivity index (χ2v) is 5.02. The molecular formula is C13H14N4S. The lowest BCUT2D eigenvalue weighted by Gasteiger charge is -2.06. The molecule has 0 spiro atoms. The molecule has 1 aromatic heterocycles. The van der Waals surface area contributed by atoms with Crippen molar-refractivity contribution in [3.05, 3.63) is 47.3 Å². The van der Waals surface area contributed by atoms with Crippen molar-refractivity contribution in [3.8, 4) is 0 Å². The zero-order chi connectivity index (χ0) is 13.1. The quantitative estimate of drug-likeness (QED) is 0.504. The van der Waals surface area contributed by atoms with E-state index in [1.54, 1.807) is 12.3 Å². The number of rotatable bonds is 3. The van der Waals surface area contributed by atoms with E-state index in [-0.39, 0.29) is 5.84 Å². The molecule has 5 heteroatoms. The Labute approximate surface area is 110 Å².